The van der Waals surface area contributed by atoms with Crippen molar-refractivity contribution in [3.63, 3.8) is 0 Å². The summed E-state index contributed by atoms with van der Waals surface area (Å²) < 4.78 is 0. The van der Waals surface area contributed by atoms with Gasteiger partial charge in [0.05, 0.1) is 19.6 Å². The molecule has 0 spiro atoms. The number of nitrogens with zero attached hydrogens (tertiary/aromatic N) is 2. The molecule has 2 heterocycles. The molecule has 2 aromatic carbocycles. The van der Waals surface area contributed by atoms with E-state index in [-0.39, 0.29) is 50.6 Å². The van der Waals surface area contributed by atoms with Crippen molar-refractivity contribution in [3.05, 3.63) is 72.1 Å². The minimum Gasteiger partial charge on any atom is -0.481 e. The topological polar surface area (TPSA) is 430 Å². The number of aliphatic hydroxyl groups excluding tert-OH is 1. The number of nitrogens with one attached hydrogen (secondary N) is 8. The molecule has 25 heteroatoms. The van der Waals surface area contributed by atoms with Gasteiger partial charge in [-0.3, -0.25) is 43.5 Å². The number of aliphatic hydroxyl groups is 1. The number of guanidine groups is 2. The second kappa shape index (κ2) is 26.8. The number of benzene rings is 2. The molecule has 0 saturated carbocycles. The molecular weight excluding hydrogens is 901 g/mol. The third kappa shape index (κ3) is 17.5. The molecule has 0 unspecified atom stereocenters. The number of aromatic nitrogens is 2. The highest BCUT2D eigenvalue weighted by Gasteiger charge is 2.32. The zero-order valence-corrected chi connectivity index (χ0v) is 37.7. The Morgan fingerprint density at radius 3 is 1.64 bits per heavy atom. The van der Waals surface area contributed by atoms with Gasteiger partial charge < -0.3 is 80.1 Å². The molecule has 5 atom stereocenters. The highest BCUT2D eigenvalue weighted by Crippen LogP contribution is 2.21. The molecule has 0 aliphatic heterocycles. The number of aromatic amines is 2. The van der Waals surface area contributed by atoms with E-state index in [2.05, 4.69) is 51.9 Å². The lowest BCUT2D eigenvalue weighted by atomic mass is 10.0. The van der Waals surface area contributed by atoms with Gasteiger partial charge in [0, 0.05) is 66.6 Å². The van der Waals surface area contributed by atoms with E-state index in [1.54, 1.807) is 42.7 Å². The molecule has 25 nitrogen and oxygen atoms in total. The molecule has 4 aromatic rings. The van der Waals surface area contributed by atoms with Crippen LogP contribution in [0, 0.1) is 0 Å². The lowest BCUT2D eigenvalue weighted by Crippen LogP contribution is -2.58. The molecule has 0 fully saturated rings. The molecule has 0 aliphatic carbocycles. The van der Waals surface area contributed by atoms with Crippen LogP contribution in [0.3, 0.4) is 0 Å². The predicted molar refractivity (Wildman–Crippen MR) is 253 cm³/mol. The number of aliphatic imine (C=N–C) groups is 2. The number of hydrogen-bond acceptors (Lipinski definition) is 11. The van der Waals surface area contributed by atoms with Gasteiger partial charge in [0.1, 0.15) is 30.2 Å². The van der Waals surface area contributed by atoms with Crippen molar-refractivity contribution in [1.82, 2.24) is 41.9 Å². The van der Waals surface area contributed by atoms with Crippen LogP contribution in [0.1, 0.15) is 56.1 Å². The van der Waals surface area contributed by atoms with Gasteiger partial charge in [-0.2, -0.15) is 0 Å². The maximum atomic E-state index is 13.9. The van der Waals surface area contributed by atoms with Gasteiger partial charge in [-0.05, 0) is 48.9 Å². The highest BCUT2D eigenvalue weighted by molar-refractivity contribution is 5.97. The predicted octanol–water partition coefficient (Wildman–Crippen LogP) is -2.59. The SMILES string of the molecule is NC(N)=NCCCCCC(=O)N[C@@H](Cc1c[nH]c2ccccc12)C(=O)N[C@@H](CO)C(=O)N[C@@H](CCCN=C(N)N)C(=O)NCC(=O)N[C@@H](CC(=O)O)C(=O)N[C@@H](Cc1c[nH]c2ccccc12)C(=O)O. The standard InChI is InChI=1S/C44H60N14O11/c45-43(46)49-15-7-1-2-14-35(60)54-31(17-24-20-51-28-11-5-3-9-26(24)28)39(65)58-34(23-59)41(67)56-30(13-8-16-50-44(47)48)38(64)53-22-36(61)55-32(19-37(62)63)40(66)57-33(42(68)69)18-25-21-52-29-12-6-4-10-27(25)29/h3-6,9-12,20-21,30-34,51-52,59H,1-2,7-8,13-19,22-23H2,(H,53,64)(H,54,60)(H,55,61)(H,56,67)(H,57,66)(H,58,65)(H,62,63)(H,68,69)(H4,45,46,49)(H4,47,48,50)/t30-,31-,32-,33-,34-/m0/s1. The molecule has 0 radical (unpaired) electrons. The number of para-hydroxylation sites is 2. The Bertz CT molecular complexity index is 2500. The number of nitrogens with two attached hydrogens (primary N) is 4. The summed E-state index contributed by atoms with van der Waals surface area (Å²) in [5.74, 6) is -8.63. The van der Waals surface area contributed by atoms with Crippen LogP contribution >= 0.6 is 0 Å². The Hall–Kier alpha value is -8.22. The maximum Gasteiger partial charge on any atom is 0.326 e. The summed E-state index contributed by atoms with van der Waals surface area (Å²) in [5.41, 5.74) is 24.3. The first-order chi connectivity index (χ1) is 32.9. The molecule has 6 amide bonds. The smallest absolute Gasteiger partial charge is 0.326 e. The zero-order valence-electron chi connectivity index (χ0n) is 37.7. The third-order valence-corrected chi connectivity index (χ3v) is 10.7. The molecule has 19 N–H and O–H groups in total. The number of unbranched alkanes of at least 4 members (excludes halogenated alkanes) is 2. The second-order valence-electron chi connectivity index (χ2n) is 16.0. The van der Waals surface area contributed by atoms with Gasteiger partial charge in [-0.15, -0.1) is 0 Å². The number of carboxylic acid groups (broad SMARTS) is 2. The van der Waals surface area contributed by atoms with Crippen molar-refractivity contribution in [3.8, 4) is 0 Å². The first-order valence-electron chi connectivity index (χ1n) is 22.0. The van der Waals surface area contributed by atoms with Crippen molar-refractivity contribution in [2.24, 2.45) is 32.9 Å². The summed E-state index contributed by atoms with van der Waals surface area (Å²) in [6.07, 6.45) is 3.86. The van der Waals surface area contributed by atoms with E-state index in [1.807, 2.05) is 18.2 Å². The van der Waals surface area contributed by atoms with E-state index in [0.717, 1.165) is 16.4 Å². The lowest BCUT2D eigenvalue weighted by Gasteiger charge is -2.24. The van der Waals surface area contributed by atoms with Gasteiger partial charge in [0.2, 0.25) is 35.4 Å². The van der Waals surface area contributed by atoms with Gasteiger partial charge in [-0.25, -0.2) is 4.79 Å². The van der Waals surface area contributed by atoms with E-state index in [1.165, 1.54) is 0 Å². The van der Waals surface area contributed by atoms with Crippen molar-refractivity contribution in [1.29, 1.82) is 0 Å². The number of carboxylic acids is 2. The molecule has 372 valence electrons. The van der Waals surface area contributed by atoms with Gasteiger partial charge in [-0.1, -0.05) is 42.8 Å². The van der Waals surface area contributed by atoms with Gasteiger partial charge in [0.25, 0.3) is 0 Å². The number of carbonyl (C=O) groups is 8. The normalized spacial score (nSPS) is 13.1. The van der Waals surface area contributed by atoms with Crippen LogP contribution in [-0.2, 0) is 51.2 Å². The Kier molecular flexibility index (Phi) is 20.7. The van der Waals surface area contributed by atoms with Crippen LogP contribution in [0.5, 0.6) is 0 Å². The minimum absolute atomic E-state index is 0.0101. The fourth-order valence-electron chi connectivity index (χ4n) is 7.20. The number of hydrogen-bond donors (Lipinski definition) is 15. The molecular formula is C44H60N14O11. The Morgan fingerprint density at radius 1 is 0.565 bits per heavy atom. The van der Waals surface area contributed by atoms with E-state index in [0.29, 0.717) is 42.3 Å². The van der Waals surface area contributed by atoms with Crippen molar-refractivity contribution < 1.29 is 53.7 Å². The largest absolute Gasteiger partial charge is 0.481 e. The summed E-state index contributed by atoms with van der Waals surface area (Å²) in [4.78, 5) is 118. The number of rotatable bonds is 29. The first kappa shape index (κ1) is 53.4. The average molecular weight is 961 g/mol. The second-order valence-corrected chi connectivity index (χ2v) is 16.0. The Labute approximate surface area is 395 Å². The van der Waals surface area contributed by atoms with E-state index >= 15 is 0 Å². The van der Waals surface area contributed by atoms with Crippen LogP contribution in [0.15, 0.2) is 70.9 Å². The summed E-state index contributed by atoms with van der Waals surface area (Å²) in [5, 5.41) is 45.6. The maximum absolute atomic E-state index is 13.9. The molecule has 4 rings (SSSR count). The number of amides is 6. The monoisotopic (exact) mass is 960 g/mol. The van der Waals surface area contributed by atoms with Crippen LogP contribution in [0.2, 0.25) is 0 Å². The summed E-state index contributed by atoms with van der Waals surface area (Å²) >= 11 is 0. The van der Waals surface area contributed by atoms with Crippen molar-refractivity contribution in [2.75, 3.05) is 26.2 Å². The minimum atomic E-state index is -1.77. The zero-order chi connectivity index (χ0) is 50.5. The number of fused-ring (bicyclic) bond motifs is 2. The van der Waals surface area contributed by atoms with E-state index in [9.17, 15) is 53.7 Å². The average Bonchev–Trinajstić information content (AvgIpc) is 3.91. The van der Waals surface area contributed by atoms with Crippen LogP contribution in [0.25, 0.3) is 21.8 Å². The number of carbonyl (C=O) groups excluding carboxylic acids is 6. The highest BCUT2D eigenvalue weighted by atomic mass is 16.4. The van der Waals surface area contributed by atoms with Crippen molar-refractivity contribution >= 4 is 81.1 Å². The molecule has 2 aromatic heterocycles. The fourth-order valence-corrected chi connectivity index (χ4v) is 7.20. The van der Waals surface area contributed by atoms with Crippen molar-refractivity contribution in [2.45, 2.75) is 88.0 Å². The lowest BCUT2D eigenvalue weighted by molar-refractivity contribution is -0.143. The van der Waals surface area contributed by atoms with Gasteiger partial charge in [0.15, 0.2) is 11.9 Å². The first-order valence-corrected chi connectivity index (χ1v) is 22.0. The molecule has 0 saturated heterocycles. The molecule has 69 heavy (non-hydrogen) atoms. The van der Waals surface area contributed by atoms with E-state index < -0.39 is 97.2 Å². The fraction of sp³-hybridized carbons (Fsp3) is 0.409. The molecule has 0 aliphatic rings. The van der Waals surface area contributed by atoms with Gasteiger partial charge >= 0.3 is 11.9 Å². The van der Waals surface area contributed by atoms with Crippen LogP contribution < -0.4 is 54.8 Å². The van der Waals surface area contributed by atoms with E-state index in [4.69, 9.17) is 22.9 Å². The molecule has 0 bridgehead atoms. The van der Waals surface area contributed by atoms with Crippen LogP contribution in [0.4, 0.5) is 0 Å². The quantitative estimate of drug-likeness (QED) is 0.0151. The third-order valence-electron chi connectivity index (χ3n) is 10.7. The summed E-state index contributed by atoms with van der Waals surface area (Å²) in [7, 11) is 0. The number of aliphatic carboxylic acids is 2. The summed E-state index contributed by atoms with van der Waals surface area (Å²) in [6, 6.07) is 6.76. The Morgan fingerprint density at radius 2 is 1.07 bits per heavy atom. The summed E-state index contributed by atoms with van der Waals surface area (Å²) in [6.45, 7) is -1.39. The number of H-pyrrole nitrogens is 2. The Balaban J connectivity index is 1.42. The van der Waals surface area contributed by atoms with Crippen LogP contribution in [-0.4, -0.2) is 141 Å².